The SMILES string of the molecule is C[SH]1C=NN=C1OS(=O)(=O)c1ccc(Cl)cc1. The molecule has 1 aliphatic heterocycles. The first kappa shape index (κ1) is 12.4. The Labute approximate surface area is 107 Å². The third kappa shape index (κ3) is 2.80. The van der Waals surface area contributed by atoms with E-state index in [2.05, 4.69) is 10.2 Å². The van der Waals surface area contributed by atoms with Gasteiger partial charge in [-0.05, 0) is 30.5 Å². The van der Waals surface area contributed by atoms with E-state index in [0.29, 0.717) is 5.02 Å². The summed E-state index contributed by atoms with van der Waals surface area (Å²) in [6.07, 6.45) is 1.81. The monoisotopic (exact) mass is 292 g/mol. The third-order valence-electron chi connectivity index (χ3n) is 1.96. The number of hydrogen-bond donors (Lipinski definition) is 1. The number of hydrogen-bond acceptors (Lipinski definition) is 5. The van der Waals surface area contributed by atoms with Gasteiger partial charge in [0.1, 0.15) is 4.90 Å². The molecule has 0 amide bonds. The Balaban J connectivity index is 2.23. The highest BCUT2D eigenvalue weighted by Crippen LogP contribution is 2.27. The zero-order chi connectivity index (χ0) is 12.5. The maximum atomic E-state index is 11.9. The summed E-state index contributed by atoms with van der Waals surface area (Å²) >= 11 is 5.68. The fourth-order valence-corrected chi connectivity index (χ4v) is 3.28. The molecule has 1 heterocycles. The fraction of sp³-hybridized carbons (Fsp3) is 0.111. The minimum Gasteiger partial charge on any atom is -0.352 e. The van der Waals surface area contributed by atoms with E-state index in [1.54, 1.807) is 5.55 Å². The summed E-state index contributed by atoms with van der Waals surface area (Å²) in [7, 11) is -4.71. The molecule has 2 rings (SSSR count). The predicted octanol–water partition coefficient (Wildman–Crippen LogP) is 1.99. The molecular weight excluding hydrogens is 284 g/mol. The second-order valence-electron chi connectivity index (χ2n) is 3.22. The lowest BCUT2D eigenvalue weighted by atomic mass is 10.4. The van der Waals surface area contributed by atoms with Crippen LogP contribution >= 0.6 is 22.5 Å². The van der Waals surface area contributed by atoms with Crippen LogP contribution in [-0.4, -0.2) is 25.4 Å². The van der Waals surface area contributed by atoms with Crippen LogP contribution in [0.2, 0.25) is 5.02 Å². The van der Waals surface area contributed by atoms with Crippen molar-refractivity contribution in [1.82, 2.24) is 0 Å². The molecule has 0 radical (unpaired) electrons. The van der Waals surface area contributed by atoms with Crippen LogP contribution in [-0.2, 0) is 14.3 Å². The van der Waals surface area contributed by atoms with Crippen molar-refractivity contribution >= 4 is 43.4 Å². The van der Waals surface area contributed by atoms with Crippen LogP contribution in [0.15, 0.2) is 39.4 Å². The van der Waals surface area contributed by atoms with E-state index in [-0.39, 0.29) is 10.1 Å². The molecule has 1 aromatic carbocycles. The van der Waals surface area contributed by atoms with Crippen molar-refractivity contribution in [2.24, 2.45) is 10.2 Å². The second kappa shape index (κ2) is 4.67. The average molecular weight is 293 g/mol. The molecule has 0 saturated heterocycles. The molecule has 1 unspecified atom stereocenters. The summed E-state index contributed by atoms with van der Waals surface area (Å²) in [6.45, 7) is 0. The lowest BCUT2D eigenvalue weighted by Crippen LogP contribution is -2.12. The first-order valence-electron chi connectivity index (χ1n) is 4.53. The highest BCUT2D eigenvalue weighted by atomic mass is 35.5. The van der Waals surface area contributed by atoms with Gasteiger partial charge in [-0.1, -0.05) is 11.6 Å². The predicted molar refractivity (Wildman–Crippen MR) is 70.6 cm³/mol. The van der Waals surface area contributed by atoms with Gasteiger partial charge in [0.05, 0.1) is 5.55 Å². The van der Waals surface area contributed by atoms with Gasteiger partial charge in [0.15, 0.2) is 0 Å². The zero-order valence-corrected chi connectivity index (χ0v) is 11.2. The van der Waals surface area contributed by atoms with Gasteiger partial charge in [0.25, 0.3) is 5.23 Å². The molecule has 1 aromatic rings. The van der Waals surface area contributed by atoms with Crippen molar-refractivity contribution in [2.45, 2.75) is 4.90 Å². The Kier molecular flexibility index (Phi) is 3.41. The summed E-state index contributed by atoms with van der Waals surface area (Å²) in [5, 5.41) is 7.85. The summed E-state index contributed by atoms with van der Waals surface area (Å²) in [5.74, 6) is 0. The highest BCUT2D eigenvalue weighted by Gasteiger charge is 2.22. The molecule has 0 fully saturated rings. The first-order chi connectivity index (χ1) is 7.99. The van der Waals surface area contributed by atoms with E-state index in [1.165, 1.54) is 24.3 Å². The van der Waals surface area contributed by atoms with Crippen LogP contribution in [0.1, 0.15) is 0 Å². The van der Waals surface area contributed by atoms with Gasteiger partial charge >= 0.3 is 10.1 Å². The summed E-state index contributed by atoms with van der Waals surface area (Å²) in [4.78, 5) is 0.0416. The van der Waals surface area contributed by atoms with Crippen LogP contribution in [0.4, 0.5) is 0 Å². The van der Waals surface area contributed by atoms with Crippen molar-refractivity contribution in [3.8, 4) is 0 Å². The lowest BCUT2D eigenvalue weighted by molar-refractivity contribution is 0.488. The number of halogens is 1. The fourth-order valence-electron chi connectivity index (χ4n) is 1.10. The minimum atomic E-state index is -3.85. The molecule has 8 heteroatoms. The molecule has 0 saturated carbocycles. The Bertz CT molecular complexity index is 581. The molecule has 0 N–H and O–H groups in total. The molecule has 92 valence electrons. The van der Waals surface area contributed by atoms with Gasteiger partial charge in [-0.25, -0.2) is 0 Å². The smallest absolute Gasteiger partial charge is 0.341 e. The molecule has 0 aliphatic carbocycles. The van der Waals surface area contributed by atoms with Crippen molar-refractivity contribution < 1.29 is 12.6 Å². The van der Waals surface area contributed by atoms with Crippen LogP contribution in [0.5, 0.6) is 0 Å². The highest BCUT2D eigenvalue weighted by molar-refractivity contribution is 8.39. The molecular formula is C9H9ClN2O3S2. The maximum Gasteiger partial charge on any atom is 0.341 e. The lowest BCUT2D eigenvalue weighted by Gasteiger charge is -2.10. The first-order valence-corrected chi connectivity index (χ1v) is 8.17. The molecule has 17 heavy (non-hydrogen) atoms. The van der Waals surface area contributed by atoms with Gasteiger partial charge in [-0.15, -0.1) is 21.1 Å². The molecule has 1 aliphatic rings. The maximum absolute atomic E-state index is 11.9. The van der Waals surface area contributed by atoms with Gasteiger partial charge in [0, 0.05) is 5.02 Å². The number of rotatable bonds is 2. The van der Waals surface area contributed by atoms with Crippen LogP contribution < -0.4 is 0 Å². The van der Waals surface area contributed by atoms with E-state index < -0.39 is 21.0 Å². The van der Waals surface area contributed by atoms with Gasteiger partial charge < -0.3 is 4.18 Å². The molecule has 5 nitrogen and oxygen atoms in total. The Morgan fingerprint density at radius 1 is 1.29 bits per heavy atom. The molecule has 0 spiro atoms. The zero-order valence-electron chi connectivity index (χ0n) is 8.74. The normalized spacial score (nSPS) is 21.3. The van der Waals surface area contributed by atoms with Gasteiger partial charge in [-0.3, -0.25) is 0 Å². The van der Waals surface area contributed by atoms with Crippen molar-refractivity contribution in [3.05, 3.63) is 29.3 Å². The van der Waals surface area contributed by atoms with E-state index in [4.69, 9.17) is 15.8 Å². The minimum absolute atomic E-state index is 0.0416. The van der Waals surface area contributed by atoms with Crippen LogP contribution in [0, 0.1) is 0 Å². The Hall–Kier alpha value is -1.05. The topological polar surface area (TPSA) is 68.1 Å². The van der Waals surface area contributed by atoms with E-state index in [0.717, 1.165) is 0 Å². The summed E-state index contributed by atoms with van der Waals surface area (Å²) < 4.78 is 28.6. The molecule has 1 atom stereocenters. The van der Waals surface area contributed by atoms with E-state index in [9.17, 15) is 8.42 Å². The molecule has 0 bridgehead atoms. The quantitative estimate of drug-likeness (QED) is 0.669. The number of thiol groups is 1. The van der Waals surface area contributed by atoms with E-state index >= 15 is 0 Å². The third-order valence-corrected chi connectivity index (χ3v) is 4.79. The van der Waals surface area contributed by atoms with E-state index in [1.807, 2.05) is 6.26 Å². The summed E-state index contributed by atoms with van der Waals surface area (Å²) in [6, 6.07) is 5.73. The number of benzene rings is 1. The average Bonchev–Trinajstić information content (AvgIpc) is 2.64. The summed E-state index contributed by atoms with van der Waals surface area (Å²) in [5.41, 5.74) is 1.57. The largest absolute Gasteiger partial charge is 0.352 e. The van der Waals surface area contributed by atoms with Gasteiger partial charge in [-0.2, -0.15) is 8.42 Å². The molecule has 0 aromatic heterocycles. The van der Waals surface area contributed by atoms with Crippen LogP contribution in [0.3, 0.4) is 0 Å². The standard InChI is InChI=1S/C9H9ClN2O3S2/c1-16-6-11-12-9(16)15-17(13,14)8-4-2-7(10)3-5-8/h2-6,16H,1H3. The Morgan fingerprint density at radius 2 is 1.94 bits per heavy atom. The Morgan fingerprint density at radius 3 is 2.47 bits per heavy atom. The number of nitrogens with zero attached hydrogens (tertiary/aromatic N) is 2. The van der Waals surface area contributed by atoms with Crippen molar-refractivity contribution in [1.29, 1.82) is 0 Å². The van der Waals surface area contributed by atoms with Gasteiger partial charge in [0.2, 0.25) is 0 Å². The van der Waals surface area contributed by atoms with Crippen molar-refractivity contribution in [3.63, 3.8) is 0 Å². The van der Waals surface area contributed by atoms with Crippen molar-refractivity contribution in [2.75, 3.05) is 6.26 Å². The second-order valence-corrected chi connectivity index (χ2v) is 7.03. The van der Waals surface area contributed by atoms with Crippen LogP contribution in [0.25, 0.3) is 0 Å².